The van der Waals surface area contributed by atoms with E-state index in [4.69, 9.17) is 9.62 Å². The first-order valence-corrected chi connectivity index (χ1v) is 14.9. The van der Waals surface area contributed by atoms with Crippen LogP contribution in [0.3, 0.4) is 0 Å². The number of halogens is 1. The molecular weight excluding hydrogens is 501 g/mol. The number of fused-ring (bicyclic) bond motifs is 1. The van der Waals surface area contributed by atoms with Gasteiger partial charge in [-0.1, -0.05) is 37.3 Å². The zero-order chi connectivity index (χ0) is 26.9. The van der Waals surface area contributed by atoms with Crippen molar-refractivity contribution in [2.24, 2.45) is 10.3 Å². The van der Waals surface area contributed by atoms with Crippen LogP contribution in [0.15, 0.2) is 64.2 Å². The summed E-state index contributed by atoms with van der Waals surface area (Å²) in [6, 6.07) is 16.3. The van der Waals surface area contributed by atoms with Crippen molar-refractivity contribution in [3.63, 3.8) is 0 Å². The third-order valence-electron chi connectivity index (χ3n) is 7.78. The van der Waals surface area contributed by atoms with E-state index in [-0.39, 0.29) is 34.7 Å². The van der Waals surface area contributed by atoms with Gasteiger partial charge >= 0.3 is 0 Å². The summed E-state index contributed by atoms with van der Waals surface area (Å²) in [4.78, 5) is 15.3. The first-order valence-electron chi connectivity index (χ1n) is 13.3. The summed E-state index contributed by atoms with van der Waals surface area (Å²) in [5.74, 6) is -0.693. The van der Waals surface area contributed by atoms with Gasteiger partial charge in [0.1, 0.15) is 27.5 Å². The smallest absolute Gasteiger partial charge is 0.271 e. The molecular formula is C29H34FN5O2S. The molecule has 5 rings (SSSR count). The van der Waals surface area contributed by atoms with Crippen LogP contribution in [0.25, 0.3) is 0 Å². The molecule has 2 aromatic carbocycles. The molecule has 2 N–H and O–H groups in total. The van der Waals surface area contributed by atoms with E-state index >= 15 is 0 Å². The number of carbonyl (C=O) groups is 1. The van der Waals surface area contributed by atoms with Crippen LogP contribution < -0.4 is 10.0 Å². The van der Waals surface area contributed by atoms with Crippen molar-refractivity contribution in [2.45, 2.75) is 62.8 Å². The summed E-state index contributed by atoms with van der Waals surface area (Å²) >= 11 is 0. The van der Waals surface area contributed by atoms with E-state index in [1.54, 1.807) is 6.07 Å². The Morgan fingerprint density at radius 1 is 1.26 bits per heavy atom. The molecule has 38 heavy (non-hydrogen) atoms. The molecule has 2 heterocycles. The number of carbonyl (C=O) groups excluding carboxylic acids is 1. The second-order valence-corrected chi connectivity index (χ2v) is 12.8. The minimum absolute atomic E-state index is 0.0247. The van der Waals surface area contributed by atoms with Crippen molar-refractivity contribution in [3.8, 4) is 6.07 Å². The predicted molar refractivity (Wildman–Crippen MR) is 147 cm³/mol. The SMILES string of the molecule is CC(CCc1ccccc1)[C@H]1CCC2=C(C(=O)Nc3ccc(F)c(C#N)c3)N(C)CC2S(=O)(=NC2CC2)N1. The number of hydrogen-bond donors (Lipinski definition) is 2. The van der Waals surface area contributed by atoms with Crippen molar-refractivity contribution in [1.29, 1.82) is 5.26 Å². The van der Waals surface area contributed by atoms with E-state index in [1.165, 1.54) is 23.8 Å². The second-order valence-electron chi connectivity index (χ2n) is 10.7. The van der Waals surface area contributed by atoms with Crippen LogP contribution >= 0.6 is 0 Å². The average Bonchev–Trinajstić information content (AvgIpc) is 3.67. The lowest BCUT2D eigenvalue weighted by Crippen LogP contribution is -2.43. The molecule has 1 amide bonds. The topological polar surface area (TPSA) is 97.6 Å². The van der Waals surface area contributed by atoms with Gasteiger partial charge in [0, 0.05) is 25.3 Å². The van der Waals surface area contributed by atoms with E-state index in [2.05, 4.69) is 41.2 Å². The van der Waals surface area contributed by atoms with Gasteiger partial charge in [-0.2, -0.15) is 5.26 Å². The summed E-state index contributed by atoms with van der Waals surface area (Å²) < 4.78 is 36.6. The Balaban J connectivity index is 1.41. The highest BCUT2D eigenvalue weighted by molar-refractivity contribution is 7.92. The van der Waals surface area contributed by atoms with Gasteiger partial charge in [-0.15, -0.1) is 0 Å². The van der Waals surface area contributed by atoms with Gasteiger partial charge in [-0.05, 0) is 73.8 Å². The first-order chi connectivity index (χ1) is 18.3. The van der Waals surface area contributed by atoms with Crippen LogP contribution in [-0.4, -0.2) is 45.9 Å². The zero-order valence-corrected chi connectivity index (χ0v) is 22.6. The number of likely N-dealkylation sites (N-methyl/N-ethyl adjacent to an activating group) is 1. The van der Waals surface area contributed by atoms with Crippen molar-refractivity contribution in [3.05, 3.63) is 76.7 Å². The molecule has 0 bridgehead atoms. The summed E-state index contributed by atoms with van der Waals surface area (Å²) in [7, 11) is -0.972. The number of hydrogen-bond acceptors (Lipinski definition) is 5. The summed E-state index contributed by atoms with van der Waals surface area (Å²) in [5, 5.41) is 11.6. The predicted octanol–water partition coefficient (Wildman–Crippen LogP) is 4.77. The summed E-state index contributed by atoms with van der Waals surface area (Å²) in [5.41, 5.74) is 2.87. The number of benzene rings is 2. The lowest BCUT2D eigenvalue weighted by atomic mass is 9.90. The maximum absolute atomic E-state index is 14.5. The van der Waals surface area contributed by atoms with Crippen LogP contribution in [0, 0.1) is 23.1 Å². The molecule has 2 aliphatic heterocycles. The number of amides is 1. The highest BCUT2D eigenvalue weighted by Crippen LogP contribution is 2.38. The van der Waals surface area contributed by atoms with Crippen LogP contribution in [0.4, 0.5) is 10.1 Å². The summed E-state index contributed by atoms with van der Waals surface area (Å²) in [6.45, 7) is 2.65. The molecule has 0 radical (unpaired) electrons. The Hall–Kier alpha value is -3.22. The van der Waals surface area contributed by atoms with E-state index in [0.29, 0.717) is 24.4 Å². The minimum Gasteiger partial charge on any atom is -0.369 e. The molecule has 200 valence electrons. The number of nitrogens with zero attached hydrogens (tertiary/aromatic N) is 3. The van der Waals surface area contributed by atoms with Crippen molar-refractivity contribution in [2.75, 3.05) is 18.9 Å². The maximum Gasteiger partial charge on any atom is 0.271 e. The quantitative estimate of drug-likeness (QED) is 0.534. The standard InChI is InChI=1S/C29H34FN5O2S/c1-19(8-9-20-6-4-3-5-7-20)26-15-13-24-27(38(37,34-26)33-22-10-11-22)18-35(2)28(24)29(36)32-23-12-14-25(30)21(16-23)17-31/h3-7,12,14,16,19,22,26-27H,8-11,13,15,18H2,1-2H3,(H,32,36)(H,33,34,37)/t19?,26-,27?,38?/m1/s1. The van der Waals surface area contributed by atoms with Crippen molar-refractivity contribution < 1.29 is 13.4 Å². The Bertz CT molecular complexity index is 1410. The van der Waals surface area contributed by atoms with Crippen LogP contribution in [-0.2, 0) is 21.1 Å². The van der Waals surface area contributed by atoms with E-state index in [1.807, 2.05) is 18.0 Å². The van der Waals surface area contributed by atoms with Crippen molar-refractivity contribution >= 4 is 21.5 Å². The number of nitriles is 1. The molecule has 2 fully saturated rings. The van der Waals surface area contributed by atoms with Gasteiger partial charge in [0.05, 0.1) is 16.9 Å². The molecule has 0 spiro atoms. The molecule has 3 unspecified atom stereocenters. The van der Waals surface area contributed by atoms with Gasteiger partial charge in [-0.25, -0.2) is 17.7 Å². The molecule has 2 aromatic rings. The Labute approximate surface area is 224 Å². The zero-order valence-electron chi connectivity index (χ0n) is 21.8. The molecule has 3 aliphatic rings. The molecule has 1 saturated carbocycles. The van der Waals surface area contributed by atoms with Gasteiger partial charge in [0.15, 0.2) is 0 Å². The monoisotopic (exact) mass is 535 g/mol. The fourth-order valence-corrected chi connectivity index (χ4v) is 8.28. The van der Waals surface area contributed by atoms with Crippen LogP contribution in [0.1, 0.15) is 50.2 Å². The third-order valence-corrected chi connectivity index (χ3v) is 10.2. The second kappa shape index (κ2) is 10.9. The molecule has 1 aliphatic carbocycles. The highest BCUT2D eigenvalue weighted by atomic mass is 32.2. The number of nitrogens with one attached hydrogen (secondary N) is 2. The molecule has 0 aromatic heterocycles. The average molecular weight is 536 g/mol. The molecule has 9 heteroatoms. The Morgan fingerprint density at radius 3 is 2.74 bits per heavy atom. The maximum atomic E-state index is 14.5. The Morgan fingerprint density at radius 2 is 2.03 bits per heavy atom. The lowest BCUT2D eigenvalue weighted by molar-refractivity contribution is -0.114. The van der Waals surface area contributed by atoms with Gasteiger partial charge in [0.2, 0.25) is 0 Å². The number of aryl methyl sites for hydroxylation is 1. The molecule has 4 atom stereocenters. The number of rotatable bonds is 7. The third kappa shape index (κ3) is 5.62. The normalized spacial score (nSPS) is 25.8. The van der Waals surface area contributed by atoms with Crippen LogP contribution in [0.2, 0.25) is 0 Å². The van der Waals surface area contributed by atoms with Gasteiger partial charge in [0.25, 0.3) is 5.91 Å². The fraction of sp³-hybridized carbons (Fsp3) is 0.448. The van der Waals surface area contributed by atoms with E-state index in [0.717, 1.165) is 37.7 Å². The fourth-order valence-electron chi connectivity index (χ4n) is 5.43. The van der Waals surface area contributed by atoms with Crippen LogP contribution in [0.5, 0.6) is 0 Å². The first kappa shape index (κ1) is 26.4. The van der Waals surface area contributed by atoms with E-state index in [9.17, 15) is 13.4 Å². The molecule has 1 saturated heterocycles. The molecule has 7 nitrogen and oxygen atoms in total. The van der Waals surface area contributed by atoms with Gasteiger partial charge < -0.3 is 10.2 Å². The largest absolute Gasteiger partial charge is 0.369 e. The summed E-state index contributed by atoms with van der Waals surface area (Å²) in [6.07, 6.45) is 5.23. The lowest BCUT2D eigenvalue weighted by Gasteiger charge is -2.27. The van der Waals surface area contributed by atoms with Crippen molar-refractivity contribution in [1.82, 2.24) is 9.62 Å². The number of anilines is 1. The minimum atomic E-state index is -2.80. The van der Waals surface area contributed by atoms with Gasteiger partial charge in [-0.3, -0.25) is 4.79 Å². The highest BCUT2D eigenvalue weighted by Gasteiger charge is 2.44. The van der Waals surface area contributed by atoms with E-state index < -0.39 is 15.7 Å². The Kier molecular flexibility index (Phi) is 7.55.